The minimum Gasteiger partial charge on any atom is -0.364 e. The molecule has 2 aromatic rings. The quantitative estimate of drug-likeness (QED) is 0.373. The van der Waals surface area contributed by atoms with Crippen molar-refractivity contribution in [2.45, 2.75) is 23.5 Å². The van der Waals surface area contributed by atoms with Crippen LogP contribution in [0.4, 0.5) is 11.5 Å². The normalized spacial score (nSPS) is 10.2. The van der Waals surface area contributed by atoms with Gasteiger partial charge in [0, 0.05) is 18.9 Å². The van der Waals surface area contributed by atoms with Crippen LogP contribution in [-0.4, -0.2) is 31.4 Å². The molecule has 0 radical (unpaired) electrons. The molecule has 0 fully saturated rings. The van der Waals surface area contributed by atoms with Gasteiger partial charge in [-0.3, -0.25) is 10.1 Å². The standard InChI is InChI=1S/C11H12N6O2S/c1-2-4-12-9-8(17(18)19)10(16-7-15-9)20-11-13-5-3-6-14-11/h3,5-7H,2,4H2,1H3,(H,12,15,16). The van der Waals surface area contributed by atoms with E-state index < -0.39 is 4.92 Å². The molecule has 2 aromatic heterocycles. The third-order valence-electron chi connectivity index (χ3n) is 2.24. The number of nitro groups is 1. The summed E-state index contributed by atoms with van der Waals surface area (Å²) in [5.74, 6) is 0.213. The van der Waals surface area contributed by atoms with Crippen LogP contribution in [0, 0.1) is 10.1 Å². The van der Waals surface area contributed by atoms with Gasteiger partial charge in [-0.05, 0) is 24.2 Å². The Bertz CT molecular complexity index is 595. The van der Waals surface area contributed by atoms with Crippen LogP contribution < -0.4 is 5.32 Å². The van der Waals surface area contributed by atoms with Crippen LogP contribution in [0.15, 0.2) is 35.0 Å². The molecule has 0 bridgehead atoms. The third kappa shape index (κ3) is 3.38. The SMILES string of the molecule is CCCNc1ncnc(Sc2ncccn2)c1[N+](=O)[O-]. The molecule has 9 heteroatoms. The minimum atomic E-state index is -0.497. The summed E-state index contributed by atoms with van der Waals surface area (Å²) in [4.78, 5) is 26.6. The van der Waals surface area contributed by atoms with Gasteiger partial charge in [-0.15, -0.1) is 0 Å². The average molecular weight is 292 g/mol. The molecule has 8 nitrogen and oxygen atoms in total. The van der Waals surface area contributed by atoms with E-state index in [1.54, 1.807) is 18.5 Å². The Balaban J connectivity index is 2.34. The Morgan fingerprint density at radius 2 is 2.05 bits per heavy atom. The van der Waals surface area contributed by atoms with Crippen LogP contribution in [0.3, 0.4) is 0 Å². The van der Waals surface area contributed by atoms with Gasteiger partial charge < -0.3 is 5.32 Å². The molecule has 104 valence electrons. The van der Waals surface area contributed by atoms with E-state index in [0.717, 1.165) is 18.2 Å². The van der Waals surface area contributed by atoms with Crippen LogP contribution in [0.25, 0.3) is 0 Å². The van der Waals surface area contributed by atoms with Gasteiger partial charge in [-0.1, -0.05) is 6.92 Å². The zero-order valence-electron chi connectivity index (χ0n) is 10.7. The predicted octanol–water partition coefficient (Wildman–Crippen LogP) is 2.15. The van der Waals surface area contributed by atoms with Crippen LogP contribution in [0.2, 0.25) is 0 Å². The van der Waals surface area contributed by atoms with Gasteiger partial charge in [-0.25, -0.2) is 19.9 Å². The highest BCUT2D eigenvalue weighted by Gasteiger charge is 2.24. The molecule has 0 saturated carbocycles. The van der Waals surface area contributed by atoms with E-state index >= 15 is 0 Å². The predicted molar refractivity (Wildman–Crippen MR) is 73.6 cm³/mol. The van der Waals surface area contributed by atoms with Gasteiger partial charge in [0.2, 0.25) is 5.82 Å². The van der Waals surface area contributed by atoms with Gasteiger partial charge in [0.25, 0.3) is 0 Å². The minimum absolute atomic E-state index is 0.154. The van der Waals surface area contributed by atoms with E-state index in [1.807, 2.05) is 6.92 Å². The fourth-order valence-electron chi connectivity index (χ4n) is 1.40. The molecule has 2 rings (SSSR count). The van der Waals surface area contributed by atoms with E-state index in [0.29, 0.717) is 11.7 Å². The van der Waals surface area contributed by atoms with Crippen molar-refractivity contribution < 1.29 is 4.92 Å². The average Bonchev–Trinajstić information content (AvgIpc) is 2.46. The van der Waals surface area contributed by atoms with Gasteiger partial charge in [0.1, 0.15) is 6.33 Å². The zero-order chi connectivity index (χ0) is 14.4. The summed E-state index contributed by atoms with van der Waals surface area (Å²) in [5, 5.41) is 14.8. The Labute approximate surface area is 119 Å². The summed E-state index contributed by atoms with van der Waals surface area (Å²) < 4.78 is 0. The Hall–Kier alpha value is -2.29. The Kier molecular flexibility index (Phi) is 4.77. The number of hydrogen-bond donors (Lipinski definition) is 1. The molecular weight excluding hydrogens is 280 g/mol. The van der Waals surface area contributed by atoms with Crippen molar-refractivity contribution in [2.24, 2.45) is 0 Å². The molecular formula is C11H12N6O2S. The molecule has 0 saturated heterocycles. The van der Waals surface area contributed by atoms with Gasteiger partial charge in [-0.2, -0.15) is 0 Å². The lowest BCUT2D eigenvalue weighted by molar-refractivity contribution is -0.387. The molecule has 0 unspecified atom stereocenters. The lowest BCUT2D eigenvalue weighted by Gasteiger charge is -2.06. The lowest BCUT2D eigenvalue weighted by atomic mass is 10.4. The number of anilines is 1. The third-order valence-corrected chi connectivity index (χ3v) is 3.13. The maximum absolute atomic E-state index is 11.2. The second-order valence-electron chi connectivity index (χ2n) is 3.69. The molecule has 20 heavy (non-hydrogen) atoms. The number of rotatable bonds is 6. The summed E-state index contributed by atoms with van der Waals surface area (Å²) in [5.41, 5.74) is -0.154. The van der Waals surface area contributed by atoms with Crippen LogP contribution in [0.5, 0.6) is 0 Å². The first-order valence-corrected chi connectivity index (χ1v) is 6.72. The second kappa shape index (κ2) is 6.75. The molecule has 0 aliphatic carbocycles. The number of nitrogens with one attached hydrogen (secondary N) is 1. The summed E-state index contributed by atoms with van der Waals surface area (Å²) in [6.45, 7) is 2.57. The Morgan fingerprint density at radius 1 is 1.30 bits per heavy atom. The number of nitrogens with zero attached hydrogens (tertiary/aromatic N) is 5. The van der Waals surface area contributed by atoms with Crippen molar-refractivity contribution in [2.75, 3.05) is 11.9 Å². The first kappa shape index (κ1) is 14.1. The summed E-state index contributed by atoms with van der Waals surface area (Å²) in [7, 11) is 0. The van der Waals surface area contributed by atoms with Crippen molar-refractivity contribution in [1.29, 1.82) is 0 Å². The zero-order valence-corrected chi connectivity index (χ0v) is 11.5. The van der Waals surface area contributed by atoms with Gasteiger partial charge in [0.05, 0.1) is 4.92 Å². The fraction of sp³-hybridized carbons (Fsp3) is 0.273. The lowest BCUT2D eigenvalue weighted by Crippen LogP contribution is -2.07. The highest BCUT2D eigenvalue weighted by molar-refractivity contribution is 7.99. The van der Waals surface area contributed by atoms with Crippen molar-refractivity contribution in [3.63, 3.8) is 0 Å². The van der Waals surface area contributed by atoms with E-state index in [4.69, 9.17) is 0 Å². The number of hydrogen-bond acceptors (Lipinski definition) is 8. The highest BCUT2D eigenvalue weighted by Crippen LogP contribution is 2.34. The fourth-order valence-corrected chi connectivity index (χ4v) is 2.17. The first-order chi connectivity index (χ1) is 9.72. The van der Waals surface area contributed by atoms with Gasteiger partial charge >= 0.3 is 5.69 Å². The monoisotopic (exact) mass is 292 g/mol. The molecule has 0 aliphatic rings. The van der Waals surface area contributed by atoms with E-state index in [-0.39, 0.29) is 16.5 Å². The topological polar surface area (TPSA) is 107 Å². The van der Waals surface area contributed by atoms with Crippen LogP contribution in [0.1, 0.15) is 13.3 Å². The van der Waals surface area contributed by atoms with Gasteiger partial charge in [0.15, 0.2) is 10.2 Å². The summed E-state index contributed by atoms with van der Waals surface area (Å²) in [6, 6.07) is 1.67. The van der Waals surface area contributed by atoms with Crippen molar-refractivity contribution in [1.82, 2.24) is 19.9 Å². The van der Waals surface area contributed by atoms with Crippen LogP contribution in [-0.2, 0) is 0 Å². The maximum Gasteiger partial charge on any atom is 0.343 e. The summed E-state index contributed by atoms with van der Waals surface area (Å²) >= 11 is 1.04. The van der Waals surface area contributed by atoms with Crippen molar-refractivity contribution in [3.05, 3.63) is 34.9 Å². The van der Waals surface area contributed by atoms with E-state index in [2.05, 4.69) is 25.3 Å². The van der Waals surface area contributed by atoms with E-state index in [9.17, 15) is 10.1 Å². The molecule has 0 aliphatic heterocycles. The molecule has 0 atom stereocenters. The van der Waals surface area contributed by atoms with Crippen molar-refractivity contribution >= 4 is 23.3 Å². The largest absolute Gasteiger partial charge is 0.364 e. The Morgan fingerprint density at radius 3 is 2.70 bits per heavy atom. The molecule has 0 aromatic carbocycles. The smallest absolute Gasteiger partial charge is 0.343 e. The highest BCUT2D eigenvalue weighted by atomic mass is 32.2. The molecule has 1 N–H and O–H groups in total. The van der Waals surface area contributed by atoms with E-state index in [1.165, 1.54) is 6.33 Å². The molecule has 0 spiro atoms. The second-order valence-corrected chi connectivity index (χ2v) is 4.65. The first-order valence-electron chi connectivity index (χ1n) is 5.90. The molecule has 2 heterocycles. The van der Waals surface area contributed by atoms with Crippen LogP contribution >= 0.6 is 11.8 Å². The maximum atomic E-state index is 11.2. The van der Waals surface area contributed by atoms with Crippen molar-refractivity contribution in [3.8, 4) is 0 Å². The molecule has 0 amide bonds. The number of aromatic nitrogens is 4. The summed E-state index contributed by atoms with van der Waals surface area (Å²) in [6.07, 6.45) is 5.26.